The predicted molar refractivity (Wildman–Crippen MR) is 69.4 cm³/mol. The number of methoxy groups -OCH3 is 1. The number of hydrogen-bond acceptors (Lipinski definition) is 3. The van der Waals surface area contributed by atoms with Crippen molar-refractivity contribution in [2.24, 2.45) is 5.92 Å². The zero-order valence-electron chi connectivity index (χ0n) is 10.8. The zero-order valence-corrected chi connectivity index (χ0v) is 10.8. The first-order valence-corrected chi connectivity index (χ1v) is 6.47. The van der Waals surface area contributed by atoms with Gasteiger partial charge in [0.25, 0.3) is 0 Å². The van der Waals surface area contributed by atoms with Crippen LogP contribution in [-0.4, -0.2) is 19.8 Å². The summed E-state index contributed by atoms with van der Waals surface area (Å²) < 4.78 is 10.9. The number of benzene rings is 1. The topological polar surface area (TPSA) is 42.2 Å². The molecule has 3 nitrogen and oxygen atoms in total. The van der Waals surface area contributed by atoms with Crippen LogP contribution in [0.3, 0.4) is 0 Å². The monoisotopic (exact) mass is 245 g/mol. The third-order valence-corrected chi connectivity index (χ3v) is 3.42. The molecule has 1 aromatic rings. The van der Waals surface area contributed by atoms with Gasteiger partial charge < -0.3 is 9.47 Å². The Bertz CT molecular complexity index is 407. The van der Waals surface area contributed by atoms with Gasteiger partial charge in [0.15, 0.2) is 0 Å². The average molecular weight is 245 g/mol. The van der Waals surface area contributed by atoms with E-state index in [1.165, 1.54) is 5.56 Å². The van der Waals surface area contributed by atoms with Gasteiger partial charge in [0.05, 0.1) is 18.6 Å². The van der Waals surface area contributed by atoms with E-state index in [0.717, 1.165) is 38.0 Å². The van der Waals surface area contributed by atoms with Crippen molar-refractivity contribution in [3.8, 4) is 11.8 Å². The van der Waals surface area contributed by atoms with Crippen LogP contribution in [0.1, 0.15) is 24.8 Å². The maximum absolute atomic E-state index is 9.01. The summed E-state index contributed by atoms with van der Waals surface area (Å²) >= 11 is 0. The summed E-state index contributed by atoms with van der Waals surface area (Å²) in [5.74, 6) is 0.918. The number of nitrogens with zero attached hydrogens (tertiary/aromatic N) is 1. The Kier molecular flexibility index (Phi) is 4.60. The van der Waals surface area contributed by atoms with Crippen molar-refractivity contribution < 1.29 is 9.47 Å². The average Bonchev–Trinajstić information content (AvgIpc) is 2.85. The first-order valence-electron chi connectivity index (χ1n) is 6.47. The Hall–Kier alpha value is -1.53. The largest absolute Gasteiger partial charge is 0.489 e. The second-order valence-corrected chi connectivity index (χ2v) is 4.71. The molecule has 2 unspecified atom stereocenters. The van der Waals surface area contributed by atoms with Crippen molar-refractivity contribution in [2.75, 3.05) is 13.7 Å². The highest BCUT2D eigenvalue weighted by Crippen LogP contribution is 2.29. The molecule has 1 fully saturated rings. The summed E-state index contributed by atoms with van der Waals surface area (Å²) in [6.45, 7) is 0.735. The van der Waals surface area contributed by atoms with Crippen LogP contribution in [0.2, 0.25) is 0 Å². The Labute approximate surface area is 108 Å². The Balaban J connectivity index is 1.92. The highest BCUT2D eigenvalue weighted by Gasteiger charge is 2.28. The van der Waals surface area contributed by atoms with E-state index in [-0.39, 0.29) is 12.0 Å². The fraction of sp³-hybridized carbons (Fsp3) is 0.533. The molecule has 0 radical (unpaired) electrons. The lowest BCUT2D eigenvalue weighted by Gasteiger charge is -2.16. The molecule has 0 saturated heterocycles. The van der Waals surface area contributed by atoms with E-state index in [0.29, 0.717) is 0 Å². The van der Waals surface area contributed by atoms with Gasteiger partial charge in [-0.3, -0.25) is 0 Å². The lowest BCUT2D eigenvalue weighted by atomic mass is 10.1. The van der Waals surface area contributed by atoms with Gasteiger partial charge >= 0.3 is 0 Å². The molecule has 0 aliphatic heterocycles. The molecule has 0 bridgehead atoms. The fourth-order valence-electron chi connectivity index (χ4n) is 2.34. The molecule has 18 heavy (non-hydrogen) atoms. The first kappa shape index (κ1) is 12.9. The lowest BCUT2D eigenvalue weighted by molar-refractivity contribution is 0.182. The molecule has 2 rings (SSSR count). The minimum Gasteiger partial charge on any atom is -0.489 e. The van der Waals surface area contributed by atoms with E-state index in [1.807, 2.05) is 12.1 Å². The summed E-state index contributed by atoms with van der Waals surface area (Å²) in [6.07, 6.45) is 4.03. The summed E-state index contributed by atoms with van der Waals surface area (Å²) in [5.41, 5.74) is 1.24. The van der Waals surface area contributed by atoms with Crippen molar-refractivity contribution in [1.82, 2.24) is 0 Å². The van der Waals surface area contributed by atoms with E-state index in [2.05, 4.69) is 18.2 Å². The van der Waals surface area contributed by atoms with Gasteiger partial charge in [-0.15, -0.1) is 0 Å². The summed E-state index contributed by atoms with van der Waals surface area (Å²) in [4.78, 5) is 0. The van der Waals surface area contributed by atoms with E-state index in [1.54, 1.807) is 7.11 Å². The summed E-state index contributed by atoms with van der Waals surface area (Å²) in [5, 5.41) is 9.01. The molecule has 1 aromatic carbocycles. The summed E-state index contributed by atoms with van der Waals surface area (Å²) in [7, 11) is 1.71. The van der Waals surface area contributed by atoms with Gasteiger partial charge in [0.1, 0.15) is 11.9 Å². The minimum atomic E-state index is 0.0539. The fourth-order valence-corrected chi connectivity index (χ4v) is 2.34. The SMILES string of the molecule is COCCc1ccc(OC2CCCC2C#N)cc1. The van der Waals surface area contributed by atoms with Crippen molar-refractivity contribution in [2.45, 2.75) is 31.8 Å². The Morgan fingerprint density at radius 2 is 2.06 bits per heavy atom. The molecule has 1 aliphatic carbocycles. The van der Waals surface area contributed by atoms with Crippen molar-refractivity contribution in [3.05, 3.63) is 29.8 Å². The number of ether oxygens (including phenoxy) is 2. The quantitative estimate of drug-likeness (QED) is 0.801. The second-order valence-electron chi connectivity index (χ2n) is 4.71. The van der Waals surface area contributed by atoms with E-state index < -0.39 is 0 Å². The van der Waals surface area contributed by atoms with Crippen molar-refractivity contribution >= 4 is 0 Å². The van der Waals surface area contributed by atoms with E-state index in [9.17, 15) is 0 Å². The summed E-state index contributed by atoms with van der Waals surface area (Å²) in [6, 6.07) is 10.4. The van der Waals surface area contributed by atoms with Gasteiger partial charge in [-0.05, 0) is 43.4 Å². The van der Waals surface area contributed by atoms with Gasteiger partial charge in [-0.1, -0.05) is 12.1 Å². The van der Waals surface area contributed by atoms with Crippen LogP contribution >= 0.6 is 0 Å². The van der Waals surface area contributed by atoms with Crippen LogP contribution in [0.4, 0.5) is 0 Å². The van der Waals surface area contributed by atoms with Gasteiger partial charge in [0, 0.05) is 7.11 Å². The molecule has 1 saturated carbocycles. The van der Waals surface area contributed by atoms with Crippen molar-refractivity contribution in [3.63, 3.8) is 0 Å². The van der Waals surface area contributed by atoms with Crippen LogP contribution in [0.25, 0.3) is 0 Å². The molecular weight excluding hydrogens is 226 g/mol. The molecule has 0 N–H and O–H groups in total. The zero-order chi connectivity index (χ0) is 12.8. The third kappa shape index (κ3) is 3.24. The first-order chi connectivity index (χ1) is 8.83. The maximum atomic E-state index is 9.01. The molecular formula is C15H19NO2. The number of hydrogen-bond donors (Lipinski definition) is 0. The minimum absolute atomic E-state index is 0.0539. The second kappa shape index (κ2) is 6.42. The van der Waals surface area contributed by atoms with Crippen LogP contribution in [-0.2, 0) is 11.2 Å². The number of nitriles is 1. The molecule has 0 spiro atoms. The molecule has 0 heterocycles. The highest BCUT2D eigenvalue weighted by molar-refractivity contribution is 5.27. The third-order valence-electron chi connectivity index (χ3n) is 3.42. The Morgan fingerprint density at radius 1 is 1.28 bits per heavy atom. The van der Waals surface area contributed by atoms with Gasteiger partial charge in [-0.25, -0.2) is 0 Å². The van der Waals surface area contributed by atoms with Gasteiger partial charge in [0.2, 0.25) is 0 Å². The molecule has 0 amide bonds. The predicted octanol–water partition coefficient (Wildman–Crippen LogP) is 2.95. The van der Waals surface area contributed by atoms with Gasteiger partial charge in [-0.2, -0.15) is 5.26 Å². The van der Waals surface area contributed by atoms with E-state index >= 15 is 0 Å². The van der Waals surface area contributed by atoms with Crippen molar-refractivity contribution in [1.29, 1.82) is 5.26 Å². The van der Waals surface area contributed by atoms with Crippen LogP contribution in [0.5, 0.6) is 5.75 Å². The molecule has 1 aliphatic rings. The maximum Gasteiger partial charge on any atom is 0.119 e. The molecule has 3 heteroatoms. The number of rotatable bonds is 5. The molecule has 2 atom stereocenters. The normalized spacial score (nSPS) is 22.7. The lowest BCUT2D eigenvalue weighted by Crippen LogP contribution is -2.20. The standard InChI is InChI=1S/C15H19NO2/c1-17-10-9-12-5-7-14(8-6-12)18-15-4-2-3-13(15)11-16/h5-8,13,15H,2-4,9-10H2,1H3. The Morgan fingerprint density at radius 3 is 2.72 bits per heavy atom. The van der Waals surface area contributed by atoms with Crippen LogP contribution < -0.4 is 4.74 Å². The van der Waals surface area contributed by atoms with Crippen LogP contribution in [0.15, 0.2) is 24.3 Å². The van der Waals surface area contributed by atoms with E-state index in [4.69, 9.17) is 14.7 Å². The highest BCUT2D eigenvalue weighted by atomic mass is 16.5. The smallest absolute Gasteiger partial charge is 0.119 e. The van der Waals surface area contributed by atoms with Crippen LogP contribution in [0, 0.1) is 17.2 Å². The molecule has 96 valence electrons. The molecule has 0 aromatic heterocycles.